The molecule has 2 amide bonds. The molecule has 1 aromatic heterocycles. The summed E-state index contributed by atoms with van der Waals surface area (Å²) in [5, 5.41) is 5.31. The summed E-state index contributed by atoms with van der Waals surface area (Å²) in [5.74, 6) is 0.505. The molecular weight excluding hydrogens is 387 g/mol. The molecule has 0 fully saturated rings. The third-order valence-electron chi connectivity index (χ3n) is 3.85. The quantitative estimate of drug-likeness (QED) is 0.661. The van der Waals surface area contributed by atoms with Crippen molar-refractivity contribution in [2.75, 3.05) is 6.61 Å². The molecule has 150 valence electrons. The number of carbonyl (C=O) groups excluding carboxylic acids is 2. The lowest BCUT2D eigenvalue weighted by Crippen LogP contribution is -2.29. The summed E-state index contributed by atoms with van der Waals surface area (Å²) in [6, 6.07) is 5.77. The van der Waals surface area contributed by atoms with Gasteiger partial charge in [-0.15, -0.1) is 0 Å². The maximum absolute atomic E-state index is 13.3. The fourth-order valence-corrected chi connectivity index (χ4v) is 2.53. The number of allylic oxidation sites excluding steroid dienone is 1. The highest BCUT2D eigenvalue weighted by Gasteiger charge is 2.10. The van der Waals surface area contributed by atoms with E-state index in [0.29, 0.717) is 12.2 Å². The molecule has 0 aliphatic heterocycles. The van der Waals surface area contributed by atoms with E-state index in [1.165, 1.54) is 12.1 Å². The molecule has 8 heteroatoms. The molecule has 0 spiro atoms. The van der Waals surface area contributed by atoms with Gasteiger partial charge in [0.15, 0.2) is 6.61 Å². The second-order valence-corrected chi connectivity index (χ2v) is 6.64. The fourth-order valence-electron chi connectivity index (χ4n) is 2.42. The van der Waals surface area contributed by atoms with Crippen LogP contribution in [0.1, 0.15) is 29.9 Å². The van der Waals surface area contributed by atoms with Crippen LogP contribution in [0.25, 0.3) is 0 Å². The van der Waals surface area contributed by atoms with Crippen molar-refractivity contribution in [3.05, 3.63) is 64.5 Å². The zero-order chi connectivity index (χ0) is 20.7. The molecule has 0 atom stereocenters. The molecule has 0 saturated carbocycles. The van der Waals surface area contributed by atoms with Gasteiger partial charge in [0.2, 0.25) is 5.91 Å². The van der Waals surface area contributed by atoms with Gasteiger partial charge in [-0.2, -0.15) is 0 Å². The first-order valence-corrected chi connectivity index (χ1v) is 9.00. The Morgan fingerprint density at radius 2 is 1.96 bits per heavy atom. The summed E-state index contributed by atoms with van der Waals surface area (Å²) < 4.78 is 23.9. The number of halogens is 2. The number of rotatable bonds is 9. The molecule has 0 aliphatic rings. The minimum absolute atomic E-state index is 0.0264. The number of nitrogens with one attached hydrogen (secondary N) is 2. The van der Waals surface area contributed by atoms with Gasteiger partial charge >= 0.3 is 0 Å². The van der Waals surface area contributed by atoms with Gasteiger partial charge in [-0.05, 0) is 38.5 Å². The number of amides is 2. The van der Waals surface area contributed by atoms with E-state index in [1.807, 2.05) is 19.9 Å². The molecule has 1 aromatic carbocycles. The van der Waals surface area contributed by atoms with Gasteiger partial charge in [-0.25, -0.2) is 4.39 Å². The van der Waals surface area contributed by atoms with Crippen LogP contribution in [0, 0.1) is 19.7 Å². The Bertz CT molecular complexity index is 879. The molecule has 0 aliphatic carbocycles. The smallest absolute Gasteiger partial charge is 0.262 e. The molecule has 1 heterocycles. The third kappa shape index (κ3) is 6.74. The monoisotopic (exact) mass is 408 g/mol. The van der Waals surface area contributed by atoms with Crippen molar-refractivity contribution in [3.8, 4) is 5.75 Å². The first-order valence-electron chi connectivity index (χ1n) is 8.62. The maximum Gasteiger partial charge on any atom is 0.262 e. The SMILES string of the molecule is C=C(CCC(=O)NCc1cc(C)oc1C)NC(=O)COc1ccc(Cl)c(F)c1. The molecule has 0 unspecified atom stereocenters. The number of hydrogen-bond acceptors (Lipinski definition) is 4. The van der Waals surface area contributed by atoms with Crippen LogP contribution in [-0.2, 0) is 16.1 Å². The van der Waals surface area contributed by atoms with Crippen LogP contribution in [0.15, 0.2) is 41.0 Å². The number of hydrogen-bond donors (Lipinski definition) is 2. The number of benzene rings is 1. The van der Waals surface area contributed by atoms with Crippen molar-refractivity contribution in [2.24, 2.45) is 0 Å². The predicted octanol–water partition coefficient (Wildman–Crippen LogP) is 3.79. The Morgan fingerprint density at radius 1 is 1.21 bits per heavy atom. The summed E-state index contributed by atoms with van der Waals surface area (Å²) in [5.41, 5.74) is 1.31. The summed E-state index contributed by atoms with van der Waals surface area (Å²) >= 11 is 5.58. The number of furan rings is 1. The van der Waals surface area contributed by atoms with E-state index in [4.69, 9.17) is 20.8 Å². The minimum Gasteiger partial charge on any atom is -0.484 e. The van der Waals surface area contributed by atoms with E-state index in [1.54, 1.807) is 0 Å². The normalized spacial score (nSPS) is 10.4. The fraction of sp³-hybridized carbons (Fsp3) is 0.300. The highest BCUT2D eigenvalue weighted by molar-refractivity contribution is 6.30. The van der Waals surface area contributed by atoms with E-state index < -0.39 is 11.7 Å². The Hall–Kier alpha value is -2.80. The van der Waals surface area contributed by atoms with E-state index in [0.717, 1.165) is 23.2 Å². The second kappa shape index (κ2) is 9.94. The molecular formula is C20H22ClFN2O4. The van der Waals surface area contributed by atoms with Gasteiger partial charge < -0.3 is 19.8 Å². The Labute approximate surface area is 167 Å². The van der Waals surface area contributed by atoms with E-state index in [9.17, 15) is 14.0 Å². The summed E-state index contributed by atoms with van der Waals surface area (Å²) in [6.45, 7) is 7.48. The largest absolute Gasteiger partial charge is 0.484 e. The van der Waals surface area contributed by atoms with Crippen LogP contribution in [0.3, 0.4) is 0 Å². The van der Waals surface area contributed by atoms with Gasteiger partial charge in [-0.1, -0.05) is 18.2 Å². The molecule has 0 saturated heterocycles. The summed E-state index contributed by atoms with van der Waals surface area (Å²) in [6.07, 6.45) is 0.467. The minimum atomic E-state index is -0.629. The lowest BCUT2D eigenvalue weighted by atomic mass is 10.2. The van der Waals surface area contributed by atoms with Gasteiger partial charge in [0, 0.05) is 30.3 Å². The molecule has 2 aromatic rings. The Balaban J connectivity index is 1.66. The first-order chi connectivity index (χ1) is 13.2. The van der Waals surface area contributed by atoms with Crippen molar-refractivity contribution >= 4 is 23.4 Å². The predicted molar refractivity (Wildman–Crippen MR) is 103 cm³/mol. The van der Waals surface area contributed by atoms with Crippen molar-refractivity contribution < 1.29 is 23.1 Å². The maximum atomic E-state index is 13.3. The number of aryl methyl sites for hydroxylation is 2. The van der Waals surface area contributed by atoms with E-state index in [-0.39, 0.29) is 36.1 Å². The lowest BCUT2D eigenvalue weighted by molar-refractivity contribution is -0.123. The van der Waals surface area contributed by atoms with Crippen LogP contribution in [-0.4, -0.2) is 18.4 Å². The molecule has 6 nitrogen and oxygen atoms in total. The number of ether oxygens (including phenoxy) is 1. The van der Waals surface area contributed by atoms with Gasteiger partial charge in [0.1, 0.15) is 23.1 Å². The van der Waals surface area contributed by atoms with Gasteiger partial charge in [0.05, 0.1) is 5.02 Å². The Morgan fingerprint density at radius 3 is 2.61 bits per heavy atom. The van der Waals surface area contributed by atoms with Gasteiger partial charge in [-0.3, -0.25) is 9.59 Å². The van der Waals surface area contributed by atoms with Gasteiger partial charge in [0.25, 0.3) is 5.91 Å². The van der Waals surface area contributed by atoms with Crippen molar-refractivity contribution in [2.45, 2.75) is 33.2 Å². The highest BCUT2D eigenvalue weighted by Crippen LogP contribution is 2.20. The number of carbonyl (C=O) groups is 2. The lowest BCUT2D eigenvalue weighted by Gasteiger charge is -2.10. The molecule has 0 bridgehead atoms. The average molecular weight is 409 g/mol. The van der Waals surface area contributed by atoms with E-state index >= 15 is 0 Å². The molecule has 28 heavy (non-hydrogen) atoms. The highest BCUT2D eigenvalue weighted by atomic mass is 35.5. The van der Waals surface area contributed by atoms with Crippen LogP contribution in [0.4, 0.5) is 4.39 Å². The second-order valence-electron chi connectivity index (χ2n) is 6.23. The summed E-state index contributed by atoms with van der Waals surface area (Å²) in [7, 11) is 0. The van der Waals surface area contributed by atoms with Crippen molar-refractivity contribution in [1.82, 2.24) is 10.6 Å². The molecule has 2 N–H and O–H groups in total. The standard InChI is InChI=1S/C20H22ClFN2O4/c1-12(4-7-19(25)23-10-15-8-13(2)28-14(15)3)24-20(26)11-27-16-5-6-17(21)18(22)9-16/h5-6,8-9H,1,4,7,10-11H2,2-3H3,(H,23,25)(H,24,26). The summed E-state index contributed by atoms with van der Waals surface area (Å²) in [4.78, 5) is 23.8. The zero-order valence-corrected chi connectivity index (χ0v) is 16.5. The zero-order valence-electron chi connectivity index (χ0n) is 15.7. The van der Waals surface area contributed by atoms with Crippen molar-refractivity contribution in [3.63, 3.8) is 0 Å². The third-order valence-corrected chi connectivity index (χ3v) is 4.16. The molecule has 0 radical (unpaired) electrons. The molecule has 2 rings (SSSR count). The average Bonchev–Trinajstić information content (AvgIpc) is 2.96. The van der Waals surface area contributed by atoms with Crippen LogP contribution in [0.5, 0.6) is 5.75 Å². The van der Waals surface area contributed by atoms with Crippen molar-refractivity contribution in [1.29, 1.82) is 0 Å². The van der Waals surface area contributed by atoms with Crippen LogP contribution >= 0.6 is 11.6 Å². The van der Waals surface area contributed by atoms with E-state index in [2.05, 4.69) is 17.2 Å². The van der Waals surface area contributed by atoms with Crippen LogP contribution in [0.2, 0.25) is 5.02 Å². The topological polar surface area (TPSA) is 80.6 Å². The Kier molecular flexibility index (Phi) is 7.63. The van der Waals surface area contributed by atoms with Crippen LogP contribution < -0.4 is 15.4 Å². The first kappa shape index (κ1) is 21.5.